The van der Waals surface area contributed by atoms with E-state index >= 15 is 0 Å². The number of ether oxygens (including phenoxy) is 1. The summed E-state index contributed by atoms with van der Waals surface area (Å²) in [6.45, 7) is -0.512. The average molecular weight is 297 g/mol. The van der Waals surface area contributed by atoms with Crippen LogP contribution >= 0.6 is 0 Å². The van der Waals surface area contributed by atoms with Crippen molar-refractivity contribution in [1.29, 1.82) is 0 Å². The van der Waals surface area contributed by atoms with Crippen molar-refractivity contribution in [3.05, 3.63) is 35.4 Å². The summed E-state index contributed by atoms with van der Waals surface area (Å²) in [5, 5.41) is 11.2. The highest BCUT2D eigenvalue weighted by atomic mass is 19.3. The topological polar surface area (TPSA) is 58.6 Å². The Morgan fingerprint density at radius 3 is 2.67 bits per heavy atom. The van der Waals surface area contributed by atoms with Crippen LogP contribution in [-0.2, 0) is 16.1 Å². The Bertz CT molecular complexity index is 492. The largest absolute Gasteiger partial charge is 0.384 e. The zero-order valence-electron chi connectivity index (χ0n) is 11.4. The molecule has 0 saturated heterocycles. The highest BCUT2D eigenvalue weighted by Crippen LogP contribution is 2.03. The van der Waals surface area contributed by atoms with Gasteiger partial charge in [-0.2, -0.15) is 0 Å². The first-order valence-corrected chi connectivity index (χ1v) is 6.43. The number of aliphatic hydroxyl groups is 1. The standard InChI is InChI=1S/C15H17F2NO3/c16-14(17)11-21-9-7-15(20)18-10-13-5-3-12(4-6-13)2-1-8-19/h3-6,14,19H,7-11H2,(H,18,20). The Morgan fingerprint density at radius 2 is 2.05 bits per heavy atom. The molecule has 0 atom stereocenters. The second-order valence-electron chi connectivity index (χ2n) is 4.15. The summed E-state index contributed by atoms with van der Waals surface area (Å²) in [4.78, 5) is 11.4. The Hall–Kier alpha value is -1.97. The lowest BCUT2D eigenvalue weighted by atomic mass is 10.1. The van der Waals surface area contributed by atoms with Crippen LogP contribution in [0.1, 0.15) is 17.5 Å². The van der Waals surface area contributed by atoms with Crippen LogP contribution in [0.25, 0.3) is 0 Å². The molecule has 0 bridgehead atoms. The molecule has 0 spiro atoms. The lowest BCUT2D eigenvalue weighted by molar-refractivity contribution is -0.122. The molecule has 0 aliphatic heterocycles. The number of halogens is 2. The van der Waals surface area contributed by atoms with Crippen LogP contribution in [0.5, 0.6) is 0 Å². The summed E-state index contributed by atoms with van der Waals surface area (Å²) in [5.74, 6) is 5.05. The number of rotatable bonds is 7. The van der Waals surface area contributed by atoms with Gasteiger partial charge in [-0.05, 0) is 17.7 Å². The van der Waals surface area contributed by atoms with Crippen molar-refractivity contribution in [3.63, 3.8) is 0 Å². The van der Waals surface area contributed by atoms with Crippen LogP contribution in [-0.4, -0.2) is 37.3 Å². The lowest BCUT2D eigenvalue weighted by Crippen LogP contribution is -2.24. The SMILES string of the molecule is O=C(CCOCC(F)F)NCc1ccc(C#CCO)cc1. The van der Waals surface area contributed by atoms with E-state index < -0.39 is 13.0 Å². The maximum Gasteiger partial charge on any atom is 0.261 e. The molecular formula is C15H17F2NO3. The van der Waals surface area contributed by atoms with Crippen molar-refractivity contribution in [2.45, 2.75) is 19.4 Å². The van der Waals surface area contributed by atoms with Gasteiger partial charge >= 0.3 is 0 Å². The predicted octanol–water partition coefficient (Wildman–Crippen LogP) is 1.32. The Labute approximate surface area is 122 Å². The fourth-order valence-electron chi connectivity index (χ4n) is 1.47. The zero-order valence-corrected chi connectivity index (χ0v) is 11.4. The monoisotopic (exact) mass is 297 g/mol. The summed E-state index contributed by atoms with van der Waals surface area (Å²) >= 11 is 0. The van der Waals surface area contributed by atoms with E-state index in [1.54, 1.807) is 12.1 Å². The second-order valence-corrected chi connectivity index (χ2v) is 4.15. The van der Waals surface area contributed by atoms with Gasteiger partial charge in [0, 0.05) is 18.5 Å². The molecule has 0 radical (unpaired) electrons. The molecule has 21 heavy (non-hydrogen) atoms. The molecule has 0 fully saturated rings. The van der Waals surface area contributed by atoms with E-state index in [4.69, 9.17) is 5.11 Å². The smallest absolute Gasteiger partial charge is 0.261 e. The molecule has 1 aromatic carbocycles. The molecule has 0 unspecified atom stereocenters. The summed E-state index contributed by atoms with van der Waals surface area (Å²) in [6, 6.07) is 7.20. The number of hydrogen-bond acceptors (Lipinski definition) is 3. The Kier molecular flexibility index (Phi) is 8.02. The fourth-order valence-corrected chi connectivity index (χ4v) is 1.47. The van der Waals surface area contributed by atoms with Gasteiger partial charge in [-0.1, -0.05) is 24.0 Å². The van der Waals surface area contributed by atoms with Crippen molar-refractivity contribution in [2.24, 2.45) is 0 Å². The van der Waals surface area contributed by atoms with Crippen LogP contribution in [0.3, 0.4) is 0 Å². The van der Waals surface area contributed by atoms with Gasteiger partial charge in [0.05, 0.1) is 6.61 Å². The number of nitrogens with one attached hydrogen (secondary N) is 1. The van der Waals surface area contributed by atoms with Crippen LogP contribution in [0.4, 0.5) is 8.78 Å². The van der Waals surface area contributed by atoms with Crippen LogP contribution in [0.2, 0.25) is 0 Å². The van der Waals surface area contributed by atoms with E-state index in [9.17, 15) is 13.6 Å². The van der Waals surface area contributed by atoms with Gasteiger partial charge in [0.1, 0.15) is 13.2 Å². The van der Waals surface area contributed by atoms with Crippen molar-refractivity contribution in [1.82, 2.24) is 5.32 Å². The quantitative estimate of drug-likeness (QED) is 0.589. The summed E-state index contributed by atoms with van der Waals surface area (Å²) in [6.07, 6.45) is -2.47. The molecule has 2 N–H and O–H groups in total. The molecule has 0 aromatic heterocycles. The van der Waals surface area contributed by atoms with Crippen molar-refractivity contribution < 1.29 is 23.4 Å². The van der Waals surface area contributed by atoms with Gasteiger partial charge in [0.25, 0.3) is 6.43 Å². The molecule has 0 aliphatic rings. The molecule has 1 amide bonds. The van der Waals surface area contributed by atoms with Crippen LogP contribution in [0.15, 0.2) is 24.3 Å². The minimum atomic E-state index is -2.51. The fraction of sp³-hybridized carbons (Fsp3) is 0.400. The van der Waals surface area contributed by atoms with Crippen LogP contribution < -0.4 is 5.32 Å². The van der Waals surface area contributed by atoms with Gasteiger partial charge in [-0.15, -0.1) is 0 Å². The van der Waals surface area contributed by atoms with E-state index in [0.717, 1.165) is 11.1 Å². The summed E-state index contributed by atoms with van der Waals surface area (Å²) in [7, 11) is 0. The number of hydrogen-bond donors (Lipinski definition) is 2. The average Bonchev–Trinajstić information content (AvgIpc) is 2.48. The predicted molar refractivity (Wildman–Crippen MR) is 73.7 cm³/mol. The number of carbonyl (C=O) groups is 1. The van der Waals surface area contributed by atoms with Crippen molar-refractivity contribution in [2.75, 3.05) is 19.8 Å². The van der Waals surface area contributed by atoms with Gasteiger partial charge in [0.2, 0.25) is 5.91 Å². The minimum Gasteiger partial charge on any atom is -0.384 e. The van der Waals surface area contributed by atoms with Gasteiger partial charge < -0.3 is 15.2 Å². The van der Waals surface area contributed by atoms with E-state index in [1.165, 1.54) is 0 Å². The van der Waals surface area contributed by atoms with E-state index in [0.29, 0.717) is 6.54 Å². The summed E-state index contributed by atoms with van der Waals surface area (Å²) < 4.78 is 28.2. The van der Waals surface area contributed by atoms with E-state index in [1.807, 2.05) is 12.1 Å². The number of aliphatic hydroxyl groups excluding tert-OH is 1. The van der Waals surface area contributed by atoms with Crippen molar-refractivity contribution in [3.8, 4) is 11.8 Å². The highest BCUT2D eigenvalue weighted by molar-refractivity contribution is 5.75. The molecule has 114 valence electrons. The number of carbonyl (C=O) groups excluding carboxylic acids is 1. The molecule has 6 heteroatoms. The van der Waals surface area contributed by atoms with Gasteiger partial charge in [-0.25, -0.2) is 8.78 Å². The Morgan fingerprint density at radius 1 is 1.33 bits per heavy atom. The molecular weight excluding hydrogens is 280 g/mol. The maximum atomic E-state index is 11.8. The number of benzene rings is 1. The first-order valence-electron chi connectivity index (χ1n) is 6.43. The normalized spacial score (nSPS) is 10.1. The Balaban J connectivity index is 2.26. The summed E-state index contributed by atoms with van der Waals surface area (Å²) in [5.41, 5.74) is 1.67. The minimum absolute atomic E-state index is 0.0220. The number of alkyl halides is 2. The number of amides is 1. The molecule has 0 aliphatic carbocycles. The van der Waals surface area contributed by atoms with E-state index in [-0.39, 0.29) is 25.5 Å². The maximum absolute atomic E-state index is 11.8. The van der Waals surface area contributed by atoms with Crippen LogP contribution in [0, 0.1) is 11.8 Å². The zero-order chi connectivity index (χ0) is 15.5. The molecule has 0 heterocycles. The molecule has 1 rings (SSSR count). The van der Waals surface area contributed by atoms with Gasteiger partial charge in [-0.3, -0.25) is 4.79 Å². The molecule has 4 nitrogen and oxygen atoms in total. The highest BCUT2D eigenvalue weighted by Gasteiger charge is 2.04. The van der Waals surface area contributed by atoms with Gasteiger partial charge in [0.15, 0.2) is 0 Å². The molecule has 0 saturated carbocycles. The lowest BCUT2D eigenvalue weighted by Gasteiger charge is -2.06. The van der Waals surface area contributed by atoms with E-state index in [2.05, 4.69) is 21.9 Å². The van der Waals surface area contributed by atoms with Crippen molar-refractivity contribution >= 4 is 5.91 Å². The first-order chi connectivity index (χ1) is 10.1. The third-order valence-electron chi connectivity index (χ3n) is 2.47. The second kappa shape index (κ2) is 9.86. The third-order valence-corrected chi connectivity index (χ3v) is 2.47. The molecule has 1 aromatic rings. The first kappa shape index (κ1) is 17.1. The third kappa shape index (κ3) is 8.02.